The Balaban J connectivity index is 2.15. The minimum atomic E-state index is 0.0595. The van der Waals surface area contributed by atoms with E-state index in [-0.39, 0.29) is 18.1 Å². The number of fused-ring (bicyclic) bond motifs is 1. The highest BCUT2D eigenvalue weighted by molar-refractivity contribution is 7.17. The van der Waals surface area contributed by atoms with Crippen molar-refractivity contribution < 1.29 is 5.11 Å². The van der Waals surface area contributed by atoms with Crippen LogP contribution < -0.4 is 0 Å². The molecule has 2 heterocycles. The molecule has 2 aromatic rings. The molecule has 0 aliphatic carbocycles. The summed E-state index contributed by atoms with van der Waals surface area (Å²) >= 11 is 1.72. The number of aromatic nitrogens is 1. The molecule has 0 saturated heterocycles. The minimum Gasteiger partial charge on any atom is -0.395 e. The quantitative estimate of drug-likeness (QED) is 0.933. The van der Waals surface area contributed by atoms with E-state index in [0.29, 0.717) is 0 Å². The molecule has 0 bridgehead atoms. The van der Waals surface area contributed by atoms with Crippen molar-refractivity contribution in [1.82, 2.24) is 9.88 Å². The molecular formula is C15H22N2OS. The van der Waals surface area contributed by atoms with Crippen LogP contribution in [0.2, 0.25) is 0 Å². The normalized spacial score (nSPS) is 14.2. The number of aliphatic hydroxyl groups excluding tert-OH is 1. The Morgan fingerprint density at radius 2 is 2.16 bits per heavy atom. The largest absolute Gasteiger partial charge is 0.395 e. The molecule has 1 unspecified atom stereocenters. The zero-order valence-electron chi connectivity index (χ0n) is 12.1. The van der Waals surface area contributed by atoms with Crippen molar-refractivity contribution in [3.63, 3.8) is 0 Å². The number of thiophene rings is 1. The van der Waals surface area contributed by atoms with Crippen molar-refractivity contribution in [2.24, 2.45) is 5.41 Å². The van der Waals surface area contributed by atoms with Gasteiger partial charge in [-0.1, -0.05) is 20.8 Å². The SMILES string of the molecule is CN(Cc1cnc2ccsc2c1)C(CO)C(C)(C)C. The van der Waals surface area contributed by atoms with E-state index in [1.54, 1.807) is 11.3 Å². The highest BCUT2D eigenvalue weighted by atomic mass is 32.1. The van der Waals surface area contributed by atoms with Crippen molar-refractivity contribution >= 4 is 21.6 Å². The molecule has 4 heteroatoms. The first-order chi connectivity index (χ1) is 8.91. The van der Waals surface area contributed by atoms with E-state index in [2.05, 4.69) is 49.1 Å². The predicted molar refractivity (Wildman–Crippen MR) is 81.4 cm³/mol. The van der Waals surface area contributed by atoms with Gasteiger partial charge in [0, 0.05) is 18.8 Å². The van der Waals surface area contributed by atoms with Crippen molar-refractivity contribution in [2.45, 2.75) is 33.4 Å². The van der Waals surface area contributed by atoms with Crippen LogP contribution in [-0.2, 0) is 6.54 Å². The van der Waals surface area contributed by atoms with Crippen LogP contribution in [0.4, 0.5) is 0 Å². The summed E-state index contributed by atoms with van der Waals surface area (Å²) < 4.78 is 1.22. The van der Waals surface area contributed by atoms with Gasteiger partial charge >= 0.3 is 0 Å². The Kier molecular flexibility index (Phi) is 4.23. The van der Waals surface area contributed by atoms with Crippen LogP contribution in [0.1, 0.15) is 26.3 Å². The standard InChI is InChI=1S/C15H22N2OS/c1-15(2,3)14(10-18)17(4)9-11-7-13-12(16-8-11)5-6-19-13/h5-8,14,18H,9-10H2,1-4H3. The van der Waals surface area contributed by atoms with Crippen LogP contribution in [0.3, 0.4) is 0 Å². The number of aliphatic hydroxyl groups is 1. The Labute approximate surface area is 118 Å². The van der Waals surface area contributed by atoms with E-state index < -0.39 is 0 Å². The van der Waals surface area contributed by atoms with Crippen LogP contribution in [0, 0.1) is 5.41 Å². The third-order valence-corrected chi connectivity index (χ3v) is 4.35. The lowest BCUT2D eigenvalue weighted by Crippen LogP contribution is -2.43. The Morgan fingerprint density at radius 3 is 2.79 bits per heavy atom. The van der Waals surface area contributed by atoms with Gasteiger partial charge in [-0.05, 0) is 35.5 Å². The number of hydrogen-bond donors (Lipinski definition) is 1. The van der Waals surface area contributed by atoms with E-state index in [0.717, 1.165) is 12.1 Å². The summed E-state index contributed by atoms with van der Waals surface area (Å²) in [5, 5.41) is 11.7. The van der Waals surface area contributed by atoms with Crippen LogP contribution in [0.25, 0.3) is 10.2 Å². The third-order valence-electron chi connectivity index (χ3n) is 3.50. The lowest BCUT2D eigenvalue weighted by molar-refractivity contribution is 0.0614. The molecule has 1 N–H and O–H groups in total. The lowest BCUT2D eigenvalue weighted by atomic mass is 9.86. The molecule has 0 aliphatic heterocycles. The highest BCUT2D eigenvalue weighted by Gasteiger charge is 2.27. The Bertz CT molecular complexity index is 544. The summed E-state index contributed by atoms with van der Waals surface area (Å²) in [5.74, 6) is 0. The topological polar surface area (TPSA) is 36.4 Å². The fraction of sp³-hybridized carbons (Fsp3) is 0.533. The monoisotopic (exact) mass is 278 g/mol. The zero-order valence-corrected chi connectivity index (χ0v) is 12.9. The van der Waals surface area contributed by atoms with Crippen LogP contribution >= 0.6 is 11.3 Å². The first-order valence-corrected chi connectivity index (χ1v) is 7.43. The van der Waals surface area contributed by atoms with Gasteiger partial charge in [-0.25, -0.2) is 0 Å². The number of pyridine rings is 1. The van der Waals surface area contributed by atoms with Gasteiger partial charge in [0.15, 0.2) is 0 Å². The summed E-state index contributed by atoms with van der Waals surface area (Å²) in [6, 6.07) is 4.38. The molecule has 3 nitrogen and oxygen atoms in total. The van der Waals surface area contributed by atoms with Crippen LogP contribution in [-0.4, -0.2) is 34.7 Å². The second-order valence-corrected chi connectivity index (χ2v) is 7.07. The molecule has 104 valence electrons. The first-order valence-electron chi connectivity index (χ1n) is 6.55. The molecule has 0 aromatic carbocycles. The predicted octanol–water partition coefficient (Wildman–Crippen LogP) is 3.14. The molecular weight excluding hydrogens is 256 g/mol. The van der Waals surface area contributed by atoms with Gasteiger partial charge < -0.3 is 5.11 Å². The van der Waals surface area contributed by atoms with Gasteiger partial charge in [-0.2, -0.15) is 0 Å². The molecule has 0 aliphatic rings. The molecule has 19 heavy (non-hydrogen) atoms. The van der Waals surface area contributed by atoms with E-state index in [9.17, 15) is 5.11 Å². The Morgan fingerprint density at radius 1 is 1.42 bits per heavy atom. The molecule has 1 atom stereocenters. The lowest BCUT2D eigenvalue weighted by Gasteiger charge is -2.36. The summed E-state index contributed by atoms with van der Waals surface area (Å²) in [6.07, 6.45) is 1.93. The van der Waals surface area contributed by atoms with Gasteiger partial charge in [0.05, 0.1) is 16.8 Å². The van der Waals surface area contributed by atoms with Crippen molar-refractivity contribution in [3.05, 3.63) is 29.3 Å². The molecule has 0 amide bonds. The maximum Gasteiger partial charge on any atom is 0.0809 e. The molecule has 2 aromatic heterocycles. The van der Waals surface area contributed by atoms with Gasteiger partial charge in [0.2, 0.25) is 0 Å². The summed E-state index contributed by atoms with van der Waals surface area (Å²) in [6.45, 7) is 7.46. The van der Waals surface area contributed by atoms with E-state index in [1.165, 1.54) is 10.3 Å². The fourth-order valence-corrected chi connectivity index (χ4v) is 3.25. The fourth-order valence-electron chi connectivity index (χ4n) is 2.45. The Hall–Kier alpha value is -0.970. The average molecular weight is 278 g/mol. The molecule has 2 rings (SSSR count). The molecule has 0 saturated carbocycles. The number of rotatable bonds is 4. The number of hydrogen-bond acceptors (Lipinski definition) is 4. The van der Waals surface area contributed by atoms with Crippen LogP contribution in [0.5, 0.6) is 0 Å². The minimum absolute atomic E-state index is 0.0595. The van der Waals surface area contributed by atoms with Crippen LogP contribution in [0.15, 0.2) is 23.7 Å². The molecule has 0 fully saturated rings. The number of likely N-dealkylation sites (N-methyl/N-ethyl adjacent to an activating group) is 1. The zero-order chi connectivity index (χ0) is 14.0. The van der Waals surface area contributed by atoms with E-state index in [1.807, 2.05) is 12.3 Å². The van der Waals surface area contributed by atoms with Gasteiger partial charge in [-0.3, -0.25) is 9.88 Å². The van der Waals surface area contributed by atoms with Gasteiger partial charge in [-0.15, -0.1) is 11.3 Å². The third kappa shape index (κ3) is 3.32. The molecule has 0 radical (unpaired) electrons. The van der Waals surface area contributed by atoms with Crippen molar-refractivity contribution in [1.29, 1.82) is 0 Å². The smallest absolute Gasteiger partial charge is 0.0809 e. The summed E-state index contributed by atoms with van der Waals surface area (Å²) in [5.41, 5.74) is 2.32. The second-order valence-electron chi connectivity index (χ2n) is 6.13. The van der Waals surface area contributed by atoms with Crippen molar-refractivity contribution in [3.8, 4) is 0 Å². The maximum atomic E-state index is 9.59. The molecule has 0 spiro atoms. The van der Waals surface area contributed by atoms with Gasteiger partial charge in [0.25, 0.3) is 0 Å². The van der Waals surface area contributed by atoms with Gasteiger partial charge in [0.1, 0.15) is 0 Å². The first kappa shape index (κ1) is 14.4. The summed E-state index contributed by atoms with van der Waals surface area (Å²) in [4.78, 5) is 6.67. The second kappa shape index (κ2) is 5.57. The maximum absolute atomic E-state index is 9.59. The van der Waals surface area contributed by atoms with E-state index in [4.69, 9.17) is 0 Å². The highest BCUT2D eigenvalue weighted by Crippen LogP contribution is 2.25. The average Bonchev–Trinajstić information content (AvgIpc) is 2.74. The van der Waals surface area contributed by atoms with E-state index >= 15 is 0 Å². The number of nitrogens with zero attached hydrogens (tertiary/aromatic N) is 2. The van der Waals surface area contributed by atoms with Crippen molar-refractivity contribution in [2.75, 3.05) is 13.7 Å². The summed E-state index contributed by atoms with van der Waals surface area (Å²) in [7, 11) is 2.06.